The minimum Gasteiger partial charge on any atom is -0.487 e. The Labute approximate surface area is 164 Å². The van der Waals surface area contributed by atoms with E-state index < -0.39 is 0 Å². The normalized spacial score (nSPS) is 10.6. The first-order valence-corrected chi connectivity index (χ1v) is 9.24. The zero-order valence-corrected chi connectivity index (χ0v) is 16.4. The van der Waals surface area contributed by atoms with Gasteiger partial charge in [-0.05, 0) is 54.8 Å². The van der Waals surface area contributed by atoms with Gasteiger partial charge >= 0.3 is 0 Å². The summed E-state index contributed by atoms with van der Waals surface area (Å²) in [6, 6.07) is 19.9. The van der Waals surface area contributed by atoms with Crippen LogP contribution in [0.15, 0.2) is 60.7 Å². The molecule has 0 aliphatic carbocycles. The molecular formula is C22H21Cl2NO. The van der Waals surface area contributed by atoms with Gasteiger partial charge in [-0.25, -0.2) is 0 Å². The number of nitrogens with one attached hydrogen (secondary N) is 1. The standard InChI is InChI=1S/C22H21Cl2NO/c1-15-8-9-20(10-16(15)2)25-13-18-11-19(23)12-21(24)22(18)26-14-17-6-4-3-5-7-17/h3-12,25H,13-14H2,1-2H3. The van der Waals surface area contributed by atoms with Crippen LogP contribution in [0.2, 0.25) is 10.0 Å². The summed E-state index contributed by atoms with van der Waals surface area (Å²) in [7, 11) is 0. The third-order valence-corrected chi connectivity index (χ3v) is 4.80. The van der Waals surface area contributed by atoms with Gasteiger partial charge in [-0.2, -0.15) is 0 Å². The molecule has 0 saturated heterocycles. The fourth-order valence-electron chi connectivity index (χ4n) is 2.69. The van der Waals surface area contributed by atoms with Crippen LogP contribution in [0.3, 0.4) is 0 Å². The molecule has 3 rings (SSSR count). The van der Waals surface area contributed by atoms with Gasteiger partial charge in [-0.3, -0.25) is 0 Å². The van der Waals surface area contributed by atoms with Crippen LogP contribution in [0.4, 0.5) is 5.69 Å². The Morgan fingerprint density at radius 1 is 0.885 bits per heavy atom. The molecule has 1 N–H and O–H groups in total. The van der Waals surface area contributed by atoms with Crippen LogP contribution in [0.25, 0.3) is 0 Å². The molecule has 0 amide bonds. The second-order valence-corrected chi connectivity index (χ2v) is 7.15. The molecule has 0 unspecified atom stereocenters. The average molecular weight is 386 g/mol. The molecule has 4 heteroatoms. The van der Waals surface area contributed by atoms with E-state index in [4.69, 9.17) is 27.9 Å². The fraction of sp³-hybridized carbons (Fsp3) is 0.182. The highest BCUT2D eigenvalue weighted by molar-refractivity contribution is 6.35. The van der Waals surface area contributed by atoms with E-state index in [1.54, 1.807) is 6.07 Å². The number of aryl methyl sites for hydroxylation is 2. The number of hydrogen-bond acceptors (Lipinski definition) is 2. The summed E-state index contributed by atoms with van der Waals surface area (Å²) in [5, 5.41) is 4.54. The molecule has 0 heterocycles. The van der Waals surface area contributed by atoms with E-state index in [-0.39, 0.29) is 0 Å². The molecule has 0 aliphatic rings. The molecule has 2 nitrogen and oxygen atoms in total. The van der Waals surface area contributed by atoms with Gasteiger partial charge < -0.3 is 10.1 Å². The minimum absolute atomic E-state index is 0.457. The van der Waals surface area contributed by atoms with E-state index >= 15 is 0 Å². The first-order chi connectivity index (χ1) is 12.5. The summed E-state index contributed by atoms with van der Waals surface area (Å²) in [5.41, 5.74) is 5.59. The van der Waals surface area contributed by atoms with Gasteiger partial charge in [-0.15, -0.1) is 0 Å². The van der Waals surface area contributed by atoms with Crippen LogP contribution in [0.1, 0.15) is 22.3 Å². The summed E-state index contributed by atoms with van der Waals surface area (Å²) in [5.74, 6) is 0.663. The van der Waals surface area contributed by atoms with Crippen molar-refractivity contribution in [3.8, 4) is 5.75 Å². The number of benzene rings is 3. The number of hydrogen-bond donors (Lipinski definition) is 1. The van der Waals surface area contributed by atoms with Crippen molar-refractivity contribution in [2.24, 2.45) is 0 Å². The van der Waals surface area contributed by atoms with Crippen LogP contribution in [-0.4, -0.2) is 0 Å². The van der Waals surface area contributed by atoms with E-state index in [1.165, 1.54) is 11.1 Å². The second-order valence-electron chi connectivity index (χ2n) is 6.30. The fourth-order valence-corrected chi connectivity index (χ4v) is 3.28. The lowest BCUT2D eigenvalue weighted by Gasteiger charge is -2.16. The maximum Gasteiger partial charge on any atom is 0.143 e. The lowest BCUT2D eigenvalue weighted by molar-refractivity contribution is 0.303. The smallest absolute Gasteiger partial charge is 0.143 e. The zero-order valence-electron chi connectivity index (χ0n) is 14.9. The van der Waals surface area contributed by atoms with E-state index in [1.807, 2.05) is 36.4 Å². The van der Waals surface area contributed by atoms with Crippen molar-refractivity contribution in [2.75, 3.05) is 5.32 Å². The van der Waals surface area contributed by atoms with Gasteiger partial charge in [-0.1, -0.05) is 59.6 Å². The van der Waals surface area contributed by atoms with Crippen molar-refractivity contribution in [3.63, 3.8) is 0 Å². The van der Waals surface area contributed by atoms with Gasteiger partial charge in [0, 0.05) is 22.8 Å². The lowest BCUT2D eigenvalue weighted by Crippen LogP contribution is -2.05. The Balaban J connectivity index is 1.77. The Hall–Kier alpha value is -2.16. The second kappa shape index (κ2) is 8.48. The highest BCUT2D eigenvalue weighted by Crippen LogP contribution is 2.33. The van der Waals surface area contributed by atoms with Crippen molar-refractivity contribution < 1.29 is 4.74 Å². The van der Waals surface area contributed by atoms with E-state index in [0.29, 0.717) is 28.9 Å². The first kappa shape index (κ1) is 18.6. The summed E-state index contributed by atoms with van der Waals surface area (Å²) in [6.45, 7) is 5.24. The SMILES string of the molecule is Cc1ccc(NCc2cc(Cl)cc(Cl)c2OCc2ccccc2)cc1C. The van der Waals surface area contributed by atoms with E-state index in [0.717, 1.165) is 16.8 Å². The molecule has 3 aromatic carbocycles. The Morgan fingerprint density at radius 2 is 1.65 bits per heavy atom. The van der Waals surface area contributed by atoms with E-state index in [2.05, 4.69) is 37.4 Å². The van der Waals surface area contributed by atoms with Crippen molar-refractivity contribution in [1.82, 2.24) is 0 Å². The van der Waals surface area contributed by atoms with Crippen LogP contribution < -0.4 is 10.1 Å². The summed E-state index contributed by atoms with van der Waals surface area (Å²) in [6.07, 6.45) is 0. The van der Waals surface area contributed by atoms with Gasteiger partial charge in [0.15, 0.2) is 0 Å². The molecule has 0 atom stereocenters. The van der Waals surface area contributed by atoms with Gasteiger partial charge in [0.2, 0.25) is 0 Å². The van der Waals surface area contributed by atoms with Crippen molar-refractivity contribution in [3.05, 3.63) is 93.0 Å². The van der Waals surface area contributed by atoms with Gasteiger partial charge in [0.25, 0.3) is 0 Å². The molecule has 0 fully saturated rings. The number of ether oxygens (including phenoxy) is 1. The molecule has 0 aliphatic heterocycles. The largest absolute Gasteiger partial charge is 0.487 e. The zero-order chi connectivity index (χ0) is 18.5. The lowest BCUT2D eigenvalue weighted by atomic mass is 10.1. The Kier molecular flexibility index (Phi) is 6.08. The minimum atomic E-state index is 0.457. The molecule has 134 valence electrons. The summed E-state index contributed by atoms with van der Waals surface area (Å²) in [4.78, 5) is 0. The predicted octanol–water partition coefficient (Wildman–Crippen LogP) is 6.80. The van der Waals surface area contributed by atoms with Crippen molar-refractivity contribution >= 4 is 28.9 Å². The van der Waals surface area contributed by atoms with Crippen molar-refractivity contribution in [1.29, 1.82) is 0 Å². The quantitative estimate of drug-likeness (QED) is 0.503. The molecule has 0 aromatic heterocycles. The molecule has 26 heavy (non-hydrogen) atoms. The first-order valence-electron chi connectivity index (χ1n) is 8.48. The Morgan fingerprint density at radius 3 is 2.38 bits per heavy atom. The van der Waals surface area contributed by atoms with E-state index in [9.17, 15) is 0 Å². The summed E-state index contributed by atoms with van der Waals surface area (Å²) < 4.78 is 6.01. The van der Waals surface area contributed by atoms with Crippen molar-refractivity contribution in [2.45, 2.75) is 27.0 Å². The van der Waals surface area contributed by atoms with Gasteiger partial charge in [0.05, 0.1) is 5.02 Å². The maximum absolute atomic E-state index is 6.39. The third kappa shape index (κ3) is 4.72. The van der Waals surface area contributed by atoms with Crippen LogP contribution >= 0.6 is 23.2 Å². The molecular weight excluding hydrogens is 365 g/mol. The molecule has 0 saturated carbocycles. The Bertz CT molecular complexity index is 894. The summed E-state index contributed by atoms with van der Waals surface area (Å²) >= 11 is 12.6. The van der Waals surface area contributed by atoms with Crippen LogP contribution in [-0.2, 0) is 13.2 Å². The highest BCUT2D eigenvalue weighted by atomic mass is 35.5. The molecule has 0 radical (unpaired) electrons. The van der Waals surface area contributed by atoms with Crippen LogP contribution in [0, 0.1) is 13.8 Å². The molecule has 3 aromatic rings. The number of halogens is 2. The topological polar surface area (TPSA) is 21.3 Å². The van der Waals surface area contributed by atoms with Gasteiger partial charge in [0.1, 0.15) is 12.4 Å². The van der Waals surface area contributed by atoms with Crippen LogP contribution in [0.5, 0.6) is 5.75 Å². The predicted molar refractivity (Wildman–Crippen MR) is 110 cm³/mol. The highest BCUT2D eigenvalue weighted by Gasteiger charge is 2.11. The maximum atomic E-state index is 6.39. The molecule has 0 spiro atoms. The number of rotatable bonds is 6. The molecule has 0 bridgehead atoms. The third-order valence-electron chi connectivity index (χ3n) is 4.30. The monoisotopic (exact) mass is 385 g/mol. The average Bonchev–Trinajstić information content (AvgIpc) is 2.62. The number of anilines is 1.